The molecular formula is C48H44Cl2F6O2SiZr. The summed E-state index contributed by atoms with van der Waals surface area (Å²) in [6.07, 6.45) is -4.43. The number of fused-ring (bicyclic) bond motifs is 2. The van der Waals surface area contributed by atoms with E-state index in [2.05, 4.69) is 51.2 Å². The topological polar surface area (TPSA) is 26.3 Å². The van der Waals surface area contributed by atoms with E-state index in [-0.39, 0.29) is 32.1 Å². The van der Waals surface area contributed by atoms with Crippen LogP contribution in [0.4, 0.5) is 26.3 Å². The molecule has 0 saturated carbocycles. The van der Waals surface area contributed by atoms with Crippen LogP contribution in [-0.2, 0) is 32.7 Å². The largest absolute Gasteiger partial charge is 0.147 e. The van der Waals surface area contributed by atoms with Crippen LogP contribution in [0.3, 0.4) is 0 Å². The first-order chi connectivity index (χ1) is 27.3. The van der Waals surface area contributed by atoms with Crippen LogP contribution in [0.25, 0.3) is 45.6 Å². The molecule has 2 aromatic heterocycles. The van der Waals surface area contributed by atoms with Crippen molar-refractivity contribution >= 4 is 53.5 Å². The standard InChI is InChI=1S/2C23H18F3O.C2H6Si.2ClH.Zr/c2*1-13-10-17-11-18(21-9-4-14(2)27-21)12-20(17)22(15(13)3)16-5-7-19(8-6-16)23(24,25)26;1-3-2;;;/h2*4-12H,1-3H3;1-2H3;2*1H;. The Labute approximate surface area is 366 Å². The van der Waals surface area contributed by atoms with Gasteiger partial charge in [0.15, 0.2) is 0 Å². The summed E-state index contributed by atoms with van der Waals surface area (Å²) in [6, 6.07) is 23.6. The van der Waals surface area contributed by atoms with Crippen molar-refractivity contribution in [2.75, 3.05) is 0 Å². The molecule has 12 heteroatoms. The number of hydrogen-bond donors (Lipinski definition) is 0. The van der Waals surface area contributed by atoms with Gasteiger partial charge in [0.2, 0.25) is 0 Å². The second-order valence-electron chi connectivity index (χ2n) is 15.9. The van der Waals surface area contributed by atoms with Gasteiger partial charge in [-0.05, 0) is 0 Å². The third-order valence-corrected chi connectivity index (χ3v) is 31.1. The van der Waals surface area contributed by atoms with Gasteiger partial charge in [0, 0.05) is 0 Å². The first-order valence-corrected chi connectivity index (χ1v) is 28.2. The molecular weight excluding hydrogens is 913 g/mol. The Balaban J connectivity index is 0.00000302. The number of hydrogen-bond acceptors (Lipinski definition) is 2. The van der Waals surface area contributed by atoms with E-state index < -0.39 is 49.3 Å². The van der Waals surface area contributed by atoms with E-state index in [0.717, 1.165) is 114 Å². The number of benzene rings is 4. The molecule has 0 fully saturated rings. The summed E-state index contributed by atoms with van der Waals surface area (Å²) in [5, 5.41) is 0. The van der Waals surface area contributed by atoms with Gasteiger partial charge in [-0.15, -0.1) is 24.8 Å². The third-order valence-electron chi connectivity index (χ3n) is 11.9. The molecule has 0 spiro atoms. The Hall–Kier alpha value is -3.82. The second kappa shape index (κ2) is 16.8. The van der Waals surface area contributed by atoms with Crippen LogP contribution in [-0.4, -0.2) is 5.43 Å². The number of allylic oxidation sites excluding steroid dienone is 2. The molecule has 0 saturated heterocycles. The number of rotatable bonds is 6. The molecule has 6 aromatic rings. The molecule has 8 rings (SSSR count). The van der Waals surface area contributed by atoms with Gasteiger partial charge in [-0.3, -0.25) is 0 Å². The first kappa shape index (κ1) is 45.7. The maximum absolute atomic E-state index is 13.7. The zero-order valence-corrected chi connectivity index (χ0v) is 39.4. The maximum Gasteiger partial charge on any atom is -0.147 e. The molecule has 2 atom stereocenters. The van der Waals surface area contributed by atoms with Crippen molar-refractivity contribution in [3.63, 3.8) is 0 Å². The average molecular weight is 957 g/mol. The van der Waals surface area contributed by atoms with E-state index in [4.69, 9.17) is 8.83 Å². The van der Waals surface area contributed by atoms with Crippen molar-refractivity contribution in [1.82, 2.24) is 0 Å². The van der Waals surface area contributed by atoms with Gasteiger partial charge in [-0.1, -0.05) is 0 Å². The van der Waals surface area contributed by atoms with Crippen molar-refractivity contribution in [2.45, 2.75) is 74.2 Å². The fraction of sp³-hybridized carbons (Fsp3) is 0.250. The SMILES string of the molecule is Cc1ccc(C2=Cc3c(cc(C)c(C)c3-c3ccc(C(F)(F)F)cc3)[CH]2[Zr]([CH]2C(c3ccc(C)o3)=Cc3c2cc(C)c(C)c3-c2ccc(C(F)(F)F)cc2)=[Si](C)C)o1.Cl.Cl. The monoisotopic (exact) mass is 954 g/mol. The van der Waals surface area contributed by atoms with Crippen molar-refractivity contribution in [1.29, 1.82) is 0 Å². The molecule has 60 heavy (non-hydrogen) atoms. The second-order valence-corrected chi connectivity index (χ2v) is 33.8. The predicted octanol–water partition coefficient (Wildman–Crippen LogP) is 15.7. The Morgan fingerprint density at radius 3 is 1.15 bits per heavy atom. The van der Waals surface area contributed by atoms with E-state index in [0.29, 0.717) is 0 Å². The molecule has 0 N–H and O–H groups in total. The molecule has 4 aromatic carbocycles. The predicted molar refractivity (Wildman–Crippen MR) is 233 cm³/mol. The van der Waals surface area contributed by atoms with Gasteiger partial charge < -0.3 is 0 Å². The van der Waals surface area contributed by atoms with Gasteiger partial charge in [-0.2, -0.15) is 0 Å². The maximum atomic E-state index is 13.7. The van der Waals surface area contributed by atoms with Crippen LogP contribution in [0.2, 0.25) is 13.1 Å². The molecule has 0 radical (unpaired) electrons. The summed E-state index contributed by atoms with van der Waals surface area (Å²) in [7, 11) is 0. The fourth-order valence-corrected chi connectivity index (χ4v) is 28.7. The first-order valence-electron chi connectivity index (χ1n) is 19.2. The van der Waals surface area contributed by atoms with Gasteiger partial charge >= 0.3 is 344 Å². The van der Waals surface area contributed by atoms with Gasteiger partial charge in [0.1, 0.15) is 0 Å². The van der Waals surface area contributed by atoms with Crippen LogP contribution in [0.1, 0.15) is 85.9 Å². The average Bonchev–Trinajstić information content (AvgIpc) is 3.95. The Bertz CT molecular complexity index is 2550. The molecule has 2 aliphatic carbocycles. The van der Waals surface area contributed by atoms with E-state index in [1.807, 2.05) is 52.0 Å². The van der Waals surface area contributed by atoms with Gasteiger partial charge in [-0.25, -0.2) is 0 Å². The minimum Gasteiger partial charge on any atom is -0.147 e. The van der Waals surface area contributed by atoms with Gasteiger partial charge in [0.05, 0.1) is 0 Å². The third kappa shape index (κ3) is 8.03. The molecule has 2 heterocycles. The zero-order valence-electron chi connectivity index (χ0n) is 34.3. The molecule has 2 nitrogen and oxygen atoms in total. The zero-order chi connectivity index (χ0) is 41.6. The van der Waals surface area contributed by atoms with Crippen LogP contribution >= 0.6 is 24.8 Å². The summed E-state index contributed by atoms with van der Waals surface area (Å²) < 4.78 is 95.2. The summed E-state index contributed by atoms with van der Waals surface area (Å²) in [6.45, 7) is 16.9. The van der Waals surface area contributed by atoms with Gasteiger partial charge in [0.25, 0.3) is 0 Å². The Morgan fingerprint density at radius 1 is 0.517 bits per heavy atom. The van der Waals surface area contributed by atoms with Crippen molar-refractivity contribution in [3.05, 3.63) is 164 Å². The van der Waals surface area contributed by atoms with Crippen LogP contribution in [0, 0.1) is 41.5 Å². The summed E-state index contributed by atoms with van der Waals surface area (Å²) in [5.41, 5.74) is 11.6. The molecule has 2 unspecified atom stereocenters. The molecule has 2 aliphatic rings. The summed E-state index contributed by atoms with van der Waals surface area (Å²) in [5.74, 6) is 3.15. The van der Waals surface area contributed by atoms with Crippen LogP contribution in [0.5, 0.6) is 0 Å². The smallest absolute Gasteiger partial charge is 0.147 e. The van der Waals surface area contributed by atoms with Crippen LogP contribution < -0.4 is 0 Å². The fourth-order valence-electron chi connectivity index (χ4n) is 8.94. The Morgan fingerprint density at radius 2 is 0.867 bits per heavy atom. The molecule has 0 aliphatic heterocycles. The van der Waals surface area contributed by atoms with Crippen LogP contribution in [0.15, 0.2) is 93.8 Å². The minimum absolute atomic E-state index is 0. The molecule has 0 bridgehead atoms. The van der Waals surface area contributed by atoms with Crippen molar-refractivity contribution < 1.29 is 55.5 Å². The normalized spacial score (nSPS) is 15.8. The minimum atomic E-state index is -4.45. The van der Waals surface area contributed by atoms with Crippen molar-refractivity contribution in [2.24, 2.45) is 0 Å². The number of alkyl halides is 6. The van der Waals surface area contributed by atoms with E-state index in [9.17, 15) is 26.3 Å². The van der Waals surface area contributed by atoms with E-state index >= 15 is 0 Å². The number of furan rings is 2. The molecule has 312 valence electrons. The number of halogens is 8. The summed E-state index contributed by atoms with van der Waals surface area (Å²) >= 11 is -3.02. The summed E-state index contributed by atoms with van der Waals surface area (Å²) in [4.78, 5) is 0. The van der Waals surface area contributed by atoms with E-state index in [1.165, 1.54) is 11.1 Å². The molecule has 0 amide bonds. The van der Waals surface area contributed by atoms with Crippen molar-refractivity contribution in [3.8, 4) is 22.3 Å². The quantitative estimate of drug-likeness (QED) is 0.123. The van der Waals surface area contributed by atoms with E-state index in [1.54, 1.807) is 24.3 Å². The number of aryl methyl sites for hydroxylation is 4. The Kier molecular flexibility index (Phi) is 12.8.